The second-order valence-electron chi connectivity index (χ2n) is 5.81. The summed E-state index contributed by atoms with van der Waals surface area (Å²) in [5, 5.41) is 18.5. The van der Waals surface area contributed by atoms with Gasteiger partial charge in [-0.25, -0.2) is 0 Å². The molecule has 0 radical (unpaired) electrons. The lowest BCUT2D eigenvalue weighted by atomic mass is 10.2. The van der Waals surface area contributed by atoms with Crippen LogP contribution in [0.4, 0.5) is 11.4 Å². The molecule has 2 aromatic carbocycles. The van der Waals surface area contributed by atoms with E-state index in [9.17, 15) is 14.9 Å². The number of carbonyl (C=O) groups is 1. The lowest BCUT2D eigenvalue weighted by Gasteiger charge is -2.10. The SMILES string of the molecule is Cc1c(Br)cnn1CC(=O)Nc1cc(Oc2ccc(Cl)cc2)cc([N+](=O)[O-])c1. The smallest absolute Gasteiger partial charge is 0.275 e. The van der Waals surface area contributed by atoms with E-state index in [1.165, 1.54) is 22.9 Å². The standard InChI is InChI=1S/C18H14BrClN4O4/c1-11-17(19)9-21-23(11)10-18(25)22-13-6-14(24(26)27)8-16(7-13)28-15-4-2-12(20)3-5-15/h2-9H,10H2,1H3,(H,22,25). The molecule has 3 rings (SSSR count). The average molecular weight is 466 g/mol. The Labute approximate surface area is 173 Å². The van der Waals surface area contributed by atoms with E-state index in [1.54, 1.807) is 30.5 Å². The minimum absolute atomic E-state index is 0.0342. The quantitative estimate of drug-likeness (QED) is 0.410. The van der Waals surface area contributed by atoms with Crippen LogP contribution in [0.3, 0.4) is 0 Å². The van der Waals surface area contributed by atoms with E-state index in [1.807, 2.05) is 6.92 Å². The maximum Gasteiger partial charge on any atom is 0.275 e. The van der Waals surface area contributed by atoms with Gasteiger partial charge in [0.15, 0.2) is 0 Å². The molecule has 0 atom stereocenters. The molecule has 0 aliphatic carbocycles. The summed E-state index contributed by atoms with van der Waals surface area (Å²) >= 11 is 9.17. The van der Waals surface area contributed by atoms with Gasteiger partial charge in [0.2, 0.25) is 5.91 Å². The number of nitro groups is 1. The number of hydrogen-bond acceptors (Lipinski definition) is 5. The first-order valence-corrected chi connectivity index (χ1v) is 9.19. The monoisotopic (exact) mass is 464 g/mol. The molecule has 1 N–H and O–H groups in total. The molecule has 0 saturated carbocycles. The number of carbonyl (C=O) groups excluding carboxylic acids is 1. The van der Waals surface area contributed by atoms with E-state index in [-0.39, 0.29) is 29.6 Å². The number of amides is 1. The van der Waals surface area contributed by atoms with E-state index in [4.69, 9.17) is 16.3 Å². The van der Waals surface area contributed by atoms with Crippen LogP contribution in [-0.2, 0) is 11.3 Å². The number of rotatable bonds is 6. The van der Waals surface area contributed by atoms with Crippen molar-refractivity contribution >= 4 is 44.8 Å². The van der Waals surface area contributed by atoms with Gasteiger partial charge >= 0.3 is 0 Å². The van der Waals surface area contributed by atoms with E-state index < -0.39 is 4.92 Å². The third kappa shape index (κ3) is 4.87. The van der Waals surface area contributed by atoms with Gasteiger partial charge in [0, 0.05) is 17.2 Å². The molecular weight excluding hydrogens is 452 g/mol. The van der Waals surface area contributed by atoms with Crippen LogP contribution in [0.1, 0.15) is 5.69 Å². The zero-order valence-electron chi connectivity index (χ0n) is 14.6. The van der Waals surface area contributed by atoms with Gasteiger partial charge in [0.1, 0.15) is 18.0 Å². The topological polar surface area (TPSA) is 99.3 Å². The molecule has 0 spiro atoms. The Morgan fingerprint density at radius 3 is 2.61 bits per heavy atom. The third-order valence-corrected chi connectivity index (χ3v) is 4.80. The largest absolute Gasteiger partial charge is 0.457 e. The molecule has 0 unspecified atom stereocenters. The summed E-state index contributed by atoms with van der Waals surface area (Å²) < 4.78 is 7.95. The van der Waals surface area contributed by atoms with E-state index >= 15 is 0 Å². The van der Waals surface area contributed by atoms with Gasteiger partial charge in [0.05, 0.1) is 33.0 Å². The lowest BCUT2D eigenvalue weighted by Crippen LogP contribution is -2.20. The predicted molar refractivity (Wildman–Crippen MR) is 108 cm³/mol. The highest BCUT2D eigenvalue weighted by Crippen LogP contribution is 2.30. The minimum Gasteiger partial charge on any atom is -0.457 e. The molecular formula is C18H14BrClN4O4. The van der Waals surface area contributed by atoms with Crippen molar-refractivity contribution in [3.8, 4) is 11.5 Å². The summed E-state index contributed by atoms with van der Waals surface area (Å²) in [4.78, 5) is 23.0. The molecule has 1 amide bonds. The van der Waals surface area contributed by atoms with Crippen molar-refractivity contribution in [1.29, 1.82) is 0 Å². The maximum absolute atomic E-state index is 12.3. The molecule has 0 bridgehead atoms. The Kier molecular flexibility index (Phi) is 5.96. The van der Waals surface area contributed by atoms with Crippen molar-refractivity contribution in [3.63, 3.8) is 0 Å². The molecule has 28 heavy (non-hydrogen) atoms. The first-order valence-electron chi connectivity index (χ1n) is 8.02. The van der Waals surface area contributed by atoms with Crippen LogP contribution in [0.5, 0.6) is 11.5 Å². The number of nitrogens with one attached hydrogen (secondary N) is 1. The summed E-state index contributed by atoms with van der Waals surface area (Å²) in [7, 11) is 0. The van der Waals surface area contributed by atoms with Crippen LogP contribution < -0.4 is 10.1 Å². The van der Waals surface area contributed by atoms with Gasteiger partial charge in [-0.15, -0.1) is 0 Å². The normalized spacial score (nSPS) is 10.5. The van der Waals surface area contributed by atoms with Crippen molar-refractivity contribution in [1.82, 2.24) is 9.78 Å². The molecule has 8 nitrogen and oxygen atoms in total. The first kappa shape index (κ1) is 19.8. The summed E-state index contributed by atoms with van der Waals surface area (Å²) in [5.74, 6) is 0.292. The number of nitro benzene ring substituents is 1. The van der Waals surface area contributed by atoms with Crippen LogP contribution in [0.2, 0.25) is 5.02 Å². The molecule has 0 aliphatic heterocycles. The summed E-state index contributed by atoms with van der Waals surface area (Å²) in [6.07, 6.45) is 1.59. The van der Waals surface area contributed by atoms with Crippen molar-refractivity contribution in [2.75, 3.05) is 5.32 Å². The van der Waals surface area contributed by atoms with Crippen LogP contribution >= 0.6 is 27.5 Å². The molecule has 10 heteroatoms. The van der Waals surface area contributed by atoms with Crippen molar-refractivity contribution in [2.24, 2.45) is 0 Å². The number of benzene rings is 2. The van der Waals surface area contributed by atoms with Gasteiger partial charge in [-0.1, -0.05) is 11.6 Å². The summed E-state index contributed by atoms with van der Waals surface area (Å²) in [6.45, 7) is 1.78. The Morgan fingerprint density at radius 2 is 2.00 bits per heavy atom. The summed E-state index contributed by atoms with van der Waals surface area (Å²) in [6, 6.07) is 10.6. The Hall–Kier alpha value is -2.91. The fraction of sp³-hybridized carbons (Fsp3) is 0.111. The highest BCUT2D eigenvalue weighted by molar-refractivity contribution is 9.10. The fourth-order valence-electron chi connectivity index (χ4n) is 2.38. The number of non-ortho nitro benzene ring substituents is 1. The van der Waals surface area contributed by atoms with Crippen molar-refractivity contribution < 1.29 is 14.5 Å². The highest BCUT2D eigenvalue weighted by atomic mass is 79.9. The molecule has 0 fully saturated rings. The van der Waals surface area contributed by atoms with Gasteiger partial charge in [-0.05, 0) is 47.1 Å². The van der Waals surface area contributed by atoms with E-state index in [0.717, 1.165) is 10.2 Å². The number of halogens is 2. The van der Waals surface area contributed by atoms with Crippen LogP contribution in [0.25, 0.3) is 0 Å². The summed E-state index contributed by atoms with van der Waals surface area (Å²) in [5.41, 5.74) is 0.827. The number of ether oxygens (including phenoxy) is 1. The van der Waals surface area contributed by atoms with Crippen LogP contribution in [0, 0.1) is 17.0 Å². The average Bonchev–Trinajstić information content (AvgIpc) is 2.95. The second kappa shape index (κ2) is 8.41. The molecule has 0 saturated heterocycles. The first-order chi connectivity index (χ1) is 13.3. The number of hydrogen-bond donors (Lipinski definition) is 1. The lowest BCUT2D eigenvalue weighted by molar-refractivity contribution is -0.384. The van der Waals surface area contributed by atoms with Crippen molar-refractivity contribution in [3.05, 3.63) is 74.0 Å². The van der Waals surface area contributed by atoms with Gasteiger partial charge in [-0.3, -0.25) is 19.6 Å². The Bertz CT molecular complexity index is 1040. The maximum atomic E-state index is 12.3. The Morgan fingerprint density at radius 1 is 1.29 bits per heavy atom. The van der Waals surface area contributed by atoms with Crippen molar-refractivity contribution in [2.45, 2.75) is 13.5 Å². The van der Waals surface area contributed by atoms with Gasteiger partial charge in [-0.2, -0.15) is 5.10 Å². The molecule has 0 aliphatic rings. The minimum atomic E-state index is -0.556. The van der Waals surface area contributed by atoms with Crippen LogP contribution in [-0.4, -0.2) is 20.6 Å². The van der Waals surface area contributed by atoms with Gasteiger partial charge in [0.25, 0.3) is 5.69 Å². The molecule has 1 heterocycles. The van der Waals surface area contributed by atoms with E-state index in [0.29, 0.717) is 10.8 Å². The second-order valence-corrected chi connectivity index (χ2v) is 7.10. The zero-order chi connectivity index (χ0) is 20.3. The predicted octanol–water partition coefficient (Wildman–Crippen LogP) is 4.95. The molecule has 3 aromatic rings. The van der Waals surface area contributed by atoms with E-state index in [2.05, 4.69) is 26.3 Å². The Balaban J connectivity index is 1.80. The third-order valence-electron chi connectivity index (χ3n) is 3.77. The molecule has 144 valence electrons. The molecule has 1 aromatic heterocycles. The highest BCUT2D eigenvalue weighted by Gasteiger charge is 2.14. The fourth-order valence-corrected chi connectivity index (χ4v) is 2.80. The zero-order valence-corrected chi connectivity index (χ0v) is 16.9. The number of nitrogens with zero attached hydrogens (tertiary/aromatic N) is 3. The number of aromatic nitrogens is 2. The van der Waals surface area contributed by atoms with Gasteiger partial charge < -0.3 is 10.1 Å². The van der Waals surface area contributed by atoms with Crippen LogP contribution in [0.15, 0.2) is 53.1 Å². The number of anilines is 1.